The van der Waals surface area contributed by atoms with Crippen LogP contribution in [0.25, 0.3) is 0 Å². The number of hydrogen-bond acceptors (Lipinski definition) is 0. The number of hydrogen-bond donors (Lipinski definition) is 0. The van der Waals surface area contributed by atoms with Gasteiger partial charge in [-0.1, -0.05) is 156 Å². The van der Waals surface area contributed by atoms with Gasteiger partial charge in [0.25, 0.3) is 0 Å². The first-order valence-corrected chi connectivity index (χ1v) is 15.4. The maximum atomic E-state index is 2.59. The van der Waals surface area contributed by atoms with Crippen LogP contribution in [-0.2, 0) is 38.9 Å². The van der Waals surface area contributed by atoms with Crippen LogP contribution in [0.5, 0.6) is 0 Å². The molecule has 0 aliphatic heterocycles. The normalized spacial score (nSPS) is 15.1. The van der Waals surface area contributed by atoms with E-state index in [4.69, 9.17) is 0 Å². The molecule has 2 rings (SSSR count). The Hall–Kier alpha value is -1.56. The van der Waals surface area contributed by atoms with E-state index >= 15 is 0 Å². The smallest absolute Gasteiger partial charge is 0.0126 e. The second-order valence-corrected chi connectivity index (χ2v) is 18.6. The minimum absolute atomic E-state index is 0.0498. The van der Waals surface area contributed by atoms with Crippen molar-refractivity contribution in [3.8, 4) is 0 Å². The largest absolute Gasteiger partial charge is 0.0582 e. The topological polar surface area (TPSA) is 0 Å². The van der Waals surface area contributed by atoms with Crippen molar-refractivity contribution in [3.63, 3.8) is 0 Å². The van der Waals surface area contributed by atoms with Crippen molar-refractivity contribution in [2.24, 2.45) is 0 Å². The maximum absolute atomic E-state index is 2.59. The zero-order valence-electron chi connectivity index (χ0n) is 29.6. The highest BCUT2D eigenvalue weighted by atomic mass is 14.4. The van der Waals surface area contributed by atoms with Crippen LogP contribution in [0.15, 0.2) is 24.3 Å². The number of rotatable bonds is 3. The van der Waals surface area contributed by atoms with Crippen LogP contribution in [0.2, 0.25) is 0 Å². The average molecular weight is 533 g/mol. The molecule has 0 aromatic heterocycles. The van der Waals surface area contributed by atoms with Gasteiger partial charge in [0.2, 0.25) is 0 Å². The van der Waals surface area contributed by atoms with Gasteiger partial charge in [-0.15, -0.1) is 0 Å². The van der Waals surface area contributed by atoms with E-state index in [1.165, 1.54) is 27.8 Å². The molecule has 0 heterocycles. The Kier molecular flexibility index (Phi) is 8.94. The van der Waals surface area contributed by atoms with Crippen molar-refractivity contribution >= 4 is 0 Å². The molecule has 0 saturated carbocycles. The van der Waals surface area contributed by atoms with Crippen LogP contribution < -0.4 is 0 Å². The summed E-state index contributed by atoms with van der Waals surface area (Å²) in [5, 5.41) is 0. The predicted molar refractivity (Wildman–Crippen MR) is 177 cm³/mol. The summed E-state index contributed by atoms with van der Waals surface area (Å²) in [4.78, 5) is 0. The van der Waals surface area contributed by atoms with Crippen LogP contribution >= 0.6 is 0 Å². The molecule has 0 nitrogen and oxygen atoms in total. The van der Waals surface area contributed by atoms with Crippen molar-refractivity contribution in [1.82, 2.24) is 0 Å². The quantitative estimate of drug-likeness (QED) is 0.369. The Labute approximate surface area is 244 Å². The minimum Gasteiger partial charge on any atom is -0.0582 e. The summed E-state index contributed by atoms with van der Waals surface area (Å²) in [6, 6.07) is 9.93. The van der Waals surface area contributed by atoms with E-state index in [9.17, 15) is 0 Å². The molecule has 0 N–H and O–H groups in total. The monoisotopic (exact) mass is 533 g/mol. The molecule has 0 aliphatic rings. The van der Waals surface area contributed by atoms with Gasteiger partial charge in [0.05, 0.1) is 0 Å². The molecule has 1 atom stereocenters. The van der Waals surface area contributed by atoms with Crippen LogP contribution in [0.3, 0.4) is 0 Å². The molecule has 0 radical (unpaired) electrons. The second kappa shape index (κ2) is 10.4. The molecule has 0 saturated heterocycles. The van der Waals surface area contributed by atoms with Crippen molar-refractivity contribution < 1.29 is 0 Å². The molecular formula is C39H64. The third-order valence-corrected chi connectivity index (χ3v) is 8.31. The van der Waals surface area contributed by atoms with Crippen molar-refractivity contribution in [2.45, 2.75) is 176 Å². The molecule has 0 bridgehead atoms. The molecule has 2 aromatic carbocycles. The van der Waals surface area contributed by atoms with Gasteiger partial charge in [-0.2, -0.15) is 0 Å². The lowest BCUT2D eigenvalue weighted by molar-refractivity contribution is 0.487. The molecule has 0 fully saturated rings. The highest BCUT2D eigenvalue weighted by molar-refractivity contribution is 5.56. The third-order valence-electron chi connectivity index (χ3n) is 8.31. The summed E-state index contributed by atoms with van der Waals surface area (Å²) < 4.78 is 0. The van der Waals surface area contributed by atoms with E-state index in [1.54, 1.807) is 16.7 Å². The van der Waals surface area contributed by atoms with Gasteiger partial charge in [-0.3, -0.25) is 0 Å². The first kappa shape index (κ1) is 33.6. The zero-order chi connectivity index (χ0) is 30.7. The molecule has 2 aromatic rings. The fraction of sp³-hybridized carbons (Fsp3) is 0.692. The summed E-state index contributed by atoms with van der Waals surface area (Å²) in [5.41, 5.74) is 12.7. The van der Waals surface area contributed by atoms with E-state index < -0.39 is 0 Å². The fourth-order valence-corrected chi connectivity index (χ4v) is 6.38. The van der Waals surface area contributed by atoms with Gasteiger partial charge in [0, 0.05) is 0 Å². The minimum atomic E-state index is 0.0498. The average Bonchev–Trinajstić information content (AvgIpc) is 2.68. The van der Waals surface area contributed by atoms with E-state index in [0.29, 0.717) is 5.92 Å². The maximum Gasteiger partial charge on any atom is -0.0126 e. The summed E-state index contributed by atoms with van der Waals surface area (Å²) in [5.74, 6) is 0.409. The molecule has 0 amide bonds. The Bertz CT molecular complexity index is 1110. The number of benzene rings is 2. The lowest BCUT2D eigenvalue weighted by atomic mass is 9.63. The highest BCUT2D eigenvalue weighted by Gasteiger charge is 2.37. The van der Waals surface area contributed by atoms with Crippen molar-refractivity contribution in [3.05, 3.63) is 68.8 Å². The van der Waals surface area contributed by atoms with E-state index in [0.717, 1.165) is 6.42 Å². The van der Waals surface area contributed by atoms with Crippen LogP contribution in [0, 0.1) is 0 Å². The van der Waals surface area contributed by atoms with Gasteiger partial charge in [0.1, 0.15) is 0 Å². The van der Waals surface area contributed by atoms with E-state index in [2.05, 4.69) is 156 Å². The molecule has 0 spiro atoms. The molecular weight excluding hydrogens is 468 g/mol. The molecule has 0 aliphatic carbocycles. The lowest BCUT2D eigenvalue weighted by Gasteiger charge is -2.41. The van der Waals surface area contributed by atoms with Gasteiger partial charge < -0.3 is 0 Å². The van der Waals surface area contributed by atoms with Crippen molar-refractivity contribution in [2.75, 3.05) is 0 Å². The summed E-state index contributed by atoms with van der Waals surface area (Å²) in [6.07, 6.45) is 1.06. The SMILES string of the molecule is CC(Cc1c(C(C)(C)C)c(C(C)(C)C)cc(C(C)(C)C)c1C(C)(C)C)c1cc(C(C)(C)C)ccc1C(C)(C)C. The van der Waals surface area contributed by atoms with Crippen LogP contribution in [-0.4, -0.2) is 0 Å². The summed E-state index contributed by atoms with van der Waals surface area (Å²) in [7, 11) is 0. The predicted octanol–water partition coefficient (Wildman–Crippen LogP) is 11.8. The molecule has 39 heavy (non-hydrogen) atoms. The first-order valence-electron chi connectivity index (χ1n) is 15.4. The van der Waals surface area contributed by atoms with E-state index in [1.807, 2.05) is 0 Å². The zero-order valence-corrected chi connectivity index (χ0v) is 29.6. The Morgan fingerprint density at radius 3 is 1.15 bits per heavy atom. The molecule has 1 unspecified atom stereocenters. The summed E-state index contributed by atoms with van der Waals surface area (Å²) >= 11 is 0. The highest BCUT2D eigenvalue weighted by Crippen LogP contribution is 2.47. The van der Waals surface area contributed by atoms with Gasteiger partial charge in [-0.25, -0.2) is 0 Å². The van der Waals surface area contributed by atoms with E-state index in [-0.39, 0.29) is 32.5 Å². The Morgan fingerprint density at radius 2 is 0.846 bits per heavy atom. The van der Waals surface area contributed by atoms with Gasteiger partial charge in [0.15, 0.2) is 0 Å². The van der Waals surface area contributed by atoms with Crippen LogP contribution in [0.1, 0.15) is 182 Å². The second-order valence-electron chi connectivity index (χ2n) is 18.6. The summed E-state index contributed by atoms with van der Waals surface area (Å²) in [6.45, 7) is 45.6. The van der Waals surface area contributed by atoms with Gasteiger partial charge in [-0.05, 0) is 89.3 Å². The Morgan fingerprint density at radius 1 is 0.462 bits per heavy atom. The molecule has 0 heteroatoms. The van der Waals surface area contributed by atoms with Gasteiger partial charge >= 0.3 is 0 Å². The van der Waals surface area contributed by atoms with Crippen molar-refractivity contribution in [1.29, 1.82) is 0 Å². The Balaban J connectivity index is 3.08. The lowest BCUT2D eigenvalue weighted by Crippen LogP contribution is -2.32. The van der Waals surface area contributed by atoms with Crippen LogP contribution in [0.4, 0.5) is 0 Å². The third kappa shape index (κ3) is 7.59. The molecule has 220 valence electrons. The first-order chi connectivity index (χ1) is 17.1. The standard InChI is InChI=1S/C39H64/c1-25(27-23-26(34(2,3)4)20-21-29(27)35(5,6)7)22-28-32(38(14,15)16)30(36(8,9)10)24-31(37(11,12)13)33(28)39(17,18)19/h20-21,23-25H,22H2,1-19H3. The fourth-order valence-electron chi connectivity index (χ4n) is 6.38.